The summed E-state index contributed by atoms with van der Waals surface area (Å²) in [6.45, 7) is 7.71. The molecule has 1 aromatic rings. The van der Waals surface area contributed by atoms with Gasteiger partial charge in [-0.05, 0) is 31.6 Å². The van der Waals surface area contributed by atoms with E-state index >= 15 is 0 Å². The highest BCUT2D eigenvalue weighted by molar-refractivity contribution is 5.89. The minimum Gasteiger partial charge on any atom is -0.396 e. The fraction of sp³-hybridized carbons (Fsp3) is 0.733. The normalized spacial score (nSPS) is 16.0. The molecule has 1 atom stereocenters. The van der Waals surface area contributed by atoms with Gasteiger partial charge in [-0.1, -0.05) is 13.8 Å². The summed E-state index contributed by atoms with van der Waals surface area (Å²) in [5.41, 5.74) is 1.69. The highest BCUT2D eigenvalue weighted by Gasteiger charge is 2.30. The number of carbonyl (C=O) groups excluding carboxylic acids is 1. The molecular formula is C15H26N4O2. The van der Waals surface area contributed by atoms with Crippen LogP contribution >= 0.6 is 0 Å². The van der Waals surface area contributed by atoms with Crippen molar-refractivity contribution in [1.82, 2.24) is 15.1 Å². The molecular weight excluding hydrogens is 268 g/mol. The van der Waals surface area contributed by atoms with Crippen LogP contribution in [0.15, 0.2) is 6.20 Å². The Morgan fingerprint density at radius 3 is 2.81 bits per heavy atom. The molecule has 1 saturated carbocycles. The number of aliphatic hydroxyl groups is 1. The van der Waals surface area contributed by atoms with Gasteiger partial charge in [-0.3, -0.25) is 4.68 Å². The van der Waals surface area contributed by atoms with Crippen molar-refractivity contribution in [3.8, 4) is 0 Å². The molecule has 1 aromatic heterocycles. The maximum atomic E-state index is 11.9. The van der Waals surface area contributed by atoms with Crippen LogP contribution in [0.4, 0.5) is 10.5 Å². The van der Waals surface area contributed by atoms with Gasteiger partial charge in [-0.25, -0.2) is 4.79 Å². The number of anilines is 1. The number of amides is 2. The minimum absolute atomic E-state index is 0.135. The monoisotopic (exact) mass is 294 g/mol. The van der Waals surface area contributed by atoms with E-state index in [0.717, 1.165) is 30.8 Å². The minimum atomic E-state index is -0.235. The van der Waals surface area contributed by atoms with Crippen molar-refractivity contribution in [2.24, 2.45) is 17.8 Å². The lowest BCUT2D eigenvalue weighted by Gasteiger charge is -2.14. The molecule has 0 spiro atoms. The first kappa shape index (κ1) is 15.8. The Bertz CT molecular complexity index is 480. The molecule has 118 valence electrons. The predicted molar refractivity (Wildman–Crippen MR) is 82.1 cm³/mol. The molecule has 6 heteroatoms. The van der Waals surface area contributed by atoms with Crippen LogP contribution in [0, 0.1) is 24.7 Å². The van der Waals surface area contributed by atoms with Crippen molar-refractivity contribution in [1.29, 1.82) is 0 Å². The third-order valence-electron chi connectivity index (χ3n) is 3.94. The van der Waals surface area contributed by atoms with Crippen LogP contribution in [0.1, 0.15) is 32.4 Å². The third kappa shape index (κ3) is 4.46. The Labute approximate surface area is 125 Å². The van der Waals surface area contributed by atoms with Gasteiger partial charge < -0.3 is 15.7 Å². The summed E-state index contributed by atoms with van der Waals surface area (Å²) in [6, 6.07) is -0.235. The third-order valence-corrected chi connectivity index (χ3v) is 3.94. The summed E-state index contributed by atoms with van der Waals surface area (Å²) in [6.07, 6.45) is 4.01. The van der Waals surface area contributed by atoms with Gasteiger partial charge in [0.2, 0.25) is 0 Å². The van der Waals surface area contributed by atoms with Crippen LogP contribution in [-0.4, -0.2) is 34.1 Å². The van der Waals surface area contributed by atoms with Gasteiger partial charge in [-0.2, -0.15) is 5.10 Å². The SMILES string of the molecule is Cc1c(NC(=O)NCC(CO)C2CC2)cnn1CC(C)C. The van der Waals surface area contributed by atoms with Gasteiger partial charge >= 0.3 is 6.03 Å². The molecule has 3 N–H and O–H groups in total. The molecule has 0 radical (unpaired) electrons. The van der Waals surface area contributed by atoms with E-state index in [1.54, 1.807) is 6.20 Å². The predicted octanol–water partition coefficient (Wildman–Crippen LogP) is 1.99. The molecule has 0 aromatic carbocycles. The summed E-state index contributed by atoms with van der Waals surface area (Å²) < 4.78 is 1.90. The smallest absolute Gasteiger partial charge is 0.319 e. The van der Waals surface area contributed by atoms with Crippen molar-refractivity contribution >= 4 is 11.7 Å². The van der Waals surface area contributed by atoms with E-state index < -0.39 is 0 Å². The highest BCUT2D eigenvalue weighted by atomic mass is 16.3. The first-order valence-corrected chi connectivity index (χ1v) is 7.69. The van der Waals surface area contributed by atoms with Gasteiger partial charge in [-0.15, -0.1) is 0 Å². The van der Waals surface area contributed by atoms with Gasteiger partial charge in [0.25, 0.3) is 0 Å². The van der Waals surface area contributed by atoms with E-state index in [9.17, 15) is 9.90 Å². The van der Waals surface area contributed by atoms with E-state index in [2.05, 4.69) is 29.6 Å². The lowest BCUT2D eigenvalue weighted by atomic mass is 10.1. The largest absolute Gasteiger partial charge is 0.396 e. The number of hydrogen-bond acceptors (Lipinski definition) is 3. The summed E-state index contributed by atoms with van der Waals surface area (Å²) in [5.74, 6) is 1.26. The van der Waals surface area contributed by atoms with E-state index in [1.165, 1.54) is 0 Å². The Hall–Kier alpha value is -1.56. The van der Waals surface area contributed by atoms with Crippen molar-refractivity contribution < 1.29 is 9.90 Å². The lowest BCUT2D eigenvalue weighted by molar-refractivity contribution is 0.204. The van der Waals surface area contributed by atoms with E-state index in [-0.39, 0.29) is 18.6 Å². The van der Waals surface area contributed by atoms with Gasteiger partial charge in [0.15, 0.2) is 0 Å². The number of carbonyl (C=O) groups is 1. The molecule has 21 heavy (non-hydrogen) atoms. The van der Waals surface area contributed by atoms with Crippen LogP contribution < -0.4 is 10.6 Å². The standard InChI is InChI=1S/C15H26N4O2/c1-10(2)8-19-11(3)14(7-17-19)18-15(21)16-6-13(9-20)12-4-5-12/h7,10,12-13,20H,4-6,8-9H2,1-3H3,(H2,16,18,21). The van der Waals surface area contributed by atoms with E-state index in [4.69, 9.17) is 0 Å². The number of nitrogens with zero attached hydrogens (tertiary/aromatic N) is 2. The first-order chi connectivity index (χ1) is 10.0. The number of urea groups is 1. The number of nitrogens with one attached hydrogen (secondary N) is 2. The quantitative estimate of drug-likeness (QED) is 0.719. The van der Waals surface area contributed by atoms with E-state index in [1.807, 2.05) is 11.6 Å². The van der Waals surface area contributed by atoms with Gasteiger partial charge in [0.05, 0.1) is 17.6 Å². The fourth-order valence-electron chi connectivity index (χ4n) is 2.44. The molecule has 1 aliphatic rings. The van der Waals surface area contributed by atoms with Crippen LogP contribution in [0.25, 0.3) is 0 Å². The summed E-state index contributed by atoms with van der Waals surface area (Å²) in [7, 11) is 0. The Balaban J connectivity index is 1.83. The molecule has 2 rings (SSSR count). The van der Waals surface area contributed by atoms with Crippen LogP contribution in [0.2, 0.25) is 0 Å². The zero-order valence-corrected chi connectivity index (χ0v) is 13.1. The Kier molecular flexibility index (Phi) is 5.22. The molecule has 0 aliphatic heterocycles. The maximum absolute atomic E-state index is 11.9. The second kappa shape index (κ2) is 6.93. The molecule has 0 bridgehead atoms. The molecule has 1 unspecified atom stereocenters. The zero-order chi connectivity index (χ0) is 15.4. The summed E-state index contributed by atoms with van der Waals surface area (Å²) in [5, 5.41) is 19.2. The second-order valence-corrected chi connectivity index (χ2v) is 6.33. The topological polar surface area (TPSA) is 79.2 Å². The molecule has 1 fully saturated rings. The summed E-state index contributed by atoms with van der Waals surface area (Å²) >= 11 is 0. The maximum Gasteiger partial charge on any atom is 0.319 e. The number of rotatable bonds is 7. The molecule has 2 amide bonds. The molecule has 1 heterocycles. The molecule has 1 aliphatic carbocycles. The first-order valence-electron chi connectivity index (χ1n) is 7.69. The second-order valence-electron chi connectivity index (χ2n) is 6.33. The highest BCUT2D eigenvalue weighted by Crippen LogP contribution is 2.36. The van der Waals surface area contributed by atoms with Crippen molar-refractivity contribution in [2.45, 2.75) is 40.2 Å². The number of aliphatic hydroxyl groups excluding tert-OH is 1. The summed E-state index contributed by atoms with van der Waals surface area (Å²) in [4.78, 5) is 11.9. The average Bonchev–Trinajstić information content (AvgIpc) is 3.21. The average molecular weight is 294 g/mol. The van der Waals surface area contributed by atoms with Crippen molar-refractivity contribution in [3.63, 3.8) is 0 Å². The lowest BCUT2D eigenvalue weighted by Crippen LogP contribution is -2.35. The van der Waals surface area contributed by atoms with Gasteiger partial charge in [0, 0.05) is 25.6 Å². The van der Waals surface area contributed by atoms with Crippen molar-refractivity contribution in [2.75, 3.05) is 18.5 Å². The number of hydrogen-bond donors (Lipinski definition) is 3. The van der Waals surface area contributed by atoms with E-state index in [0.29, 0.717) is 18.4 Å². The van der Waals surface area contributed by atoms with Crippen LogP contribution in [-0.2, 0) is 6.54 Å². The molecule has 0 saturated heterocycles. The Morgan fingerprint density at radius 2 is 2.24 bits per heavy atom. The Morgan fingerprint density at radius 1 is 1.52 bits per heavy atom. The zero-order valence-electron chi connectivity index (χ0n) is 13.1. The van der Waals surface area contributed by atoms with Crippen LogP contribution in [0.3, 0.4) is 0 Å². The fourth-order valence-corrected chi connectivity index (χ4v) is 2.44. The van der Waals surface area contributed by atoms with Crippen molar-refractivity contribution in [3.05, 3.63) is 11.9 Å². The molecule has 6 nitrogen and oxygen atoms in total. The van der Waals surface area contributed by atoms with Gasteiger partial charge in [0.1, 0.15) is 0 Å². The van der Waals surface area contributed by atoms with Crippen LogP contribution in [0.5, 0.6) is 0 Å². The number of aromatic nitrogens is 2.